The SMILES string of the molecule is COc1cccc(O)c1[C@H]1C2=CC[C@@H]3C(=O)N(c4ccc(C)c(Cl)c4)C(=O)[C@@H]3[C@@H]2C[C@H]2C(=O)N(c3ccc(C)c(Cl)c3)C(=O)[C@@H]12. The van der Waals surface area contributed by atoms with Crippen LogP contribution in [-0.4, -0.2) is 35.8 Å². The van der Waals surface area contributed by atoms with Gasteiger partial charge in [-0.2, -0.15) is 0 Å². The highest BCUT2D eigenvalue weighted by molar-refractivity contribution is 6.33. The minimum absolute atomic E-state index is 0.0800. The number of methoxy groups -OCH3 is 1. The Morgan fingerprint density at radius 2 is 1.33 bits per heavy atom. The summed E-state index contributed by atoms with van der Waals surface area (Å²) in [5.41, 5.74) is 3.53. The Morgan fingerprint density at radius 1 is 0.756 bits per heavy atom. The molecule has 4 amide bonds. The Kier molecular flexibility index (Phi) is 7.06. The van der Waals surface area contributed by atoms with Crippen molar-refractivity contribution in [3.63, 3.8) is 0 Å². The van der Waals surface area contributed by atoms with Gasteiger partial charge >= 0.3 is 0 Å². The normalized spacial score (nSPS) is 27.4. The van der Waals surface area contributed by atoms with Crippen molar-refractivity contribution in [1.29, 1.82) is 0 Å². The number of benzene rings is 3. The number of hydrogen-bond acceptors (Lipinski definition) is 6. The zero-order chi connectivity index (χ0) is 31.9. The third kappa shape index (κ3) is 4.33. The van der Waals surface area contributed by atoms with E-state index in [1.807, 2.05) is 19.9 Å². The van der Waals surface area contributed by atoms with Crippen LogP contribution in [0.1, 0.15) is 35.4 Å². The van der Waals surface area contributed by atoms with Crippen LogP contribution in [0.25, 0.3) is 0 Å². The summed E-state index contributed by atoms with van der Waals surface area (Å²) in [7, 11) is 1.48. The first-order valence-electron chi connectivity index (χ1n) is 14.9. The van der Waals surface area contributed by atoms with Gasteiger partial charge in [0.1, 0.15) is 11.5 Å². The van der Waals surface area contributed by atoms with Crippen LogP contribution in [0, 0.1) is 43.4 Å². The van der Waals surface area contributed by atoms with Crippen molar-refractivity contribution in [3.05, 3.63) is 93.0 Å². The molecule has 45 heavy (non-hydrogen) atoms. The van der Waals surface area contributed by atoms with Gasteiger partial charge in [0.15, 0.2) is 0 Å². The Bertz CT molecular complexity index is 1850. The van der Waals surface area contributed by atoms with Gasteiger partial charge in [-0.25, -0.2) is 9.80 Å². The molecule has 10 heteroatoms. The predicted octanol–water partition coefficient (Wildman–Crippen LogP) is 6.37. The minimum atomic E-state index is -0.863. The summed E-state index contributed by atoms with van der Waals surface area (Å²) in [4.78, 5) is 58.9. The number of aromatic hydroxyl groups is 1. The molecule has 0 aromatic heterocycles. The molecule has 0 unspecified atom stereocenters. The number of anilines is 2. The number of nitrogens with zero attached hydrogens (tertiary/aromatic N) is 2. The number of ether oxygens (including phenoxy) is 1. The lowest BCUT2D eigenvalue weighted by Gasteiger charge is -2.44. The van der Waals surface area contributed by atoms with Gasteiger partial charge in [-0.05, 0) is 80.1 Å². The molecule has 2 saturated heterocycles. The van der Waals surface area contributed by atoms with Crippen LogP contribution >= 0.6 is 23.2 Å². The van der Waals surface area contributed by atoms with Crippen molar-refractivity contribution in [2.45, 2.75) is 32.6 Å². The summed E-state index contributed by atoms with van der Waals surface area (Å²) in [5.74, 6) is -5.54. The van der Waals surface area contributed by atoms with E-state index in [4.69, 9.17) is 27.9 Å². The molecule has 3 aromatic carbocycles. The fourth-order valence-electron chi connectivity index (χ4n) is 7.88. The lowest BCUT2D eigenvalue weighted by Crippen LogP contribution is -2.43. The van der Waals surface area contributed by atoms with Crippen molar-refractivity contribution < 1.29 is 29.0 Å². The number of rotatable bonds is 4. The fourth-order valence-corrected chi connectivity index (χ4v) is 8.23. The maximum absolute atomic E-state index is 14.3. The Labute approximate surface area is 270 Å². The van der Waals surface area contributed by atoms with Crippen LogP contribution in [0.15, 0.2) is 66.2 Å². The van der Waals surface area contributed by atoms with Crippen molar-refractivity contribution >= 4 is 58.2 Å². The van der Waals surface area contributed by atoms with Crippen molar-refractivity contribution in [1.82, 2.24) is 0 Å². The van der Waals surface area contributed by atoms with E-state index in [9.17, 15) is 24.3 Å². The van der Waals surface area contributed by atoms with Crippen molar-refractivity contribution in [3.8, 4) is 11.5 Å². The molecule has 1 N–H and O–H groups in total. The molecule has 0 spiro atoms. The molecule has 230 valence electrons. The van der Waals surface area contributed by atoms with Crippen LogP contribution in [0.5, 0.6) is 11.5 Å². The molecule has 0 radical (unpaired) electrons. The van der Waals surface area contributed by atoms with Gasteiger partial charge in [0.25, 0.3) is 0 Å². The molecule has 3 fully saturated rings. The smallest absolute Gasteiger partial charge is 0.238 e. The molecular weight excluding hydrogens is 615 g/mol. The van der Waals surface area contributed by atoms with Gasteiger partial charge in [-0.3, -0.25) is 19.2 Å². The first-order chi connectivity index (χ1) is 21.5. The van der Waals surface area contributed by atoms with Crippen LogP contribution in [-0.2, 0) is 19.2 Å². The fraction of sp³-hybridized carbons (Fsp3) is 0.314. The number of carbonyl (C=O) groups is 4. The summed E-state index contributed by atoms with van der Waals surface area (Å²) in [6.07, 6.45) is 2.41. The molecule has 2 heterocycles. The van der Waals surface area contributed by atoms with E-state index < -0.39 is 47.3 Å². The second-order valence-corrected chi connectivity index (χ2v) is 13.1. The lowest BCUT2D eigenvalue weighted by atomic mass is 9.57. The standard InChI is InChI=1S/C35H30Cl2N2O6/c1-16-7-9-18(13-24(16)36)38-32(41)21-12-11-20-22(28(21)34(38)43)15-23-30(29(20)31-26(40)5-4-6-27(31)45-3)35(44)39(33(23)42)19-10-8-17(2)25(37)14-19/h4-11,13-14,21-23,28-30,40H,12,15H2,1-3H3/t21-,22+,23+,28-,29-,30+/m0/s1. The number of fused-ring (bicyclic) bond motifs is 4. The van der Waals surface area contributed by atoms with Crippen LogP contribution in [0.2, 0.25) is 10.0 Å². The summed E-state index contributed by atoms with van der Waals surface area (Å²) in [5, 5.41) is 12.1. The minimum Gasteiger partial charge on any atom is -0.508 e. The van der Waals surface area contributed by atoms with E-state index >= 15 is 0 Å². The first-order valence-corrected chi connectivity index (χ1v) is 15.6. The molecule has 3 aromatic rings. The number of amides is 4. The zero-order valence-corrected chi connectivity index (χ0v) is 26.3. The number of carbonyl (C=O) groups excluding carboxylic acids is 4. The van der Waals surface area contributed by atoms with Gasteiger partial charge in [-0.1, -0.05) is 53.1 Å². The van der Waals surface area contributed by atoms with Gasteiger partial charge < -0.3 is 9.84 Å². The summed E-state index contributed by atoms with van der Waals surface area (Å²) in [6, 6.07) is 15.0. The van der Waals surface area contributed by atoms with Gasteiger partial charge in [0.05, 0.1) is 42.2 Å². The Morgan fingerprint density at radius 3 is 1.91 bits per heavy atom. The average Bonchev–Trinajstić information content (AvgIpc) is 3.42. The largest absolute Gasteiger partial charge is 0.508 e. The van der Waals surface area contributed by atoms with E-state index in [-0.39, 0.29) is 30.4 Å². The molecular formula is C35H30Cl2N2O6. The van der Waals surface area contributed by atoms with E-state index in [2.05, 4.69) is 0 Å². The molecule has 8 nitrogen and oxygen atoms in total. The number of imide groups is 2. The van der Waals surface area contributed by atoms with E-state index in [1.54, 1.807) is 48.5 Å². The lowest BCUT2D eigenvalue weighted by molar-refractivity contribution is -0.126. The van der Waals surface area contributed by atoms with Gasteiger partial charge in [-0.15, -0.1) is 0 Å². The quantitative estimate of drug-likeness (QED) is 0.261. The highest BCUT2D eigenvalue weighted by Gasteiger charge is 2.63. The van der Waals surface area contributed by atoms with Gasteiger partial charge in [0.2, 0.25) is 23.6 Å². The second-order valence-electron chi connectivity index (χ2n) is 12.3. The zero-order valence-electron chi connectivity index (χ0n) is 24.8. The molecule has 6 atom stereocenters. The molecule has 2 aliphatic heterocycles. The molecule has 2 aliphatic carbocycles. The van der Waals surface area contributed by atoms with Crippen molar-refractivity contribution in [2.24, 2.45) is 29.6 Å². The number of halogens is 2. The number of aryl methyl sites for hydroxylation is 2. The highest BCUT2D eigenvalue weighted by Crippen LogP contribution is 2.60. The van der Waals surface area contributed by atoms with Crippen LogP contribution in [0.4, 0.5) is 11.4 Å². The number of allylic oxidation sites excluding steroid dienone is 2. The number of hydrogen-bond donors (Lipinski definition) is 1. The second kappa shape index (κ2) is 10.7. The maximum Gasteiger partial charge on any atom is 0.238 e. The average molecular weight is 646 g/mol. The van der Waals surface area contributed by atoms with Crippen molar-refractivity contribution in [2.75, 3.05) is 16.9 Å². The number of phenols is 1. The summed E-state index contributed by atoms with van der Waals surface area (Å²) < 4.78 is 5.67. The third-order valence-corrected chi connectivity index (χ3v) is 10.9. The van der Waals surface area contributed by atoms with Crippen LogP contribution < -0.4 is 14.5 Å². The molecule has 7 rings (SSSR count). The van der Waals surface area contributed by atoms with E-state index in [1.165, 1.54) is 23.0 Å². The maximum atomic E-state index is 14.3. The highest BCUT2D eigenvalue weighted by atomic mass is 35.5. The van der Waals surface area contributed by atoms with Gasteiger partial charge in [0, 0.05) is 21.5 Å². The Hall–Kier alpha value is -4.14. The Balaban J connectivity index is 1.36. The predicted molar refractivity (Wildman–Crippen MR) is 170 cm³/mol. The monoisotopic (exact) mass is 644 g/mol. The molecule has 0 bridgehead atoms. The topological polar surface area (TPSA) is 104 Å². The molecule has 1 saturated carbocycles. The van der Waals surface area contributed by atoms with Crippen LogP contribution in [0.3, 0.4) is 0 Å². The number of phenolic OH excluding ortho intramolecular Hbond substituents is 1. The van der Waals surface area contributed by atoms with E-state index in [0.29, 0.717) is 32.7 Å². The molecule has 4 aliphatic rings. The first kappa shape index (κ1) is 29.6. The summed E-state index contributed by atoms with van der Waals surface area (Å²) >= 11 is 12.8. The summed E-state index contributed by atoms with van der Waals surface area (Å²) in [6.45, 7) is 3.68. The van der Waals surface area contributed by atoms with E-state index in [0.717, 1.165) is 16.7 Å². The third-order valence-electron chi connectivity index (χ3n) is 10.0.